The first-order chi connectivity index (χ1) is 12.3. The lowest BCUT2D eigenvalue weighted by atomic mass is 10.1. The zero-order valence-electron chi connectivity index (χ0n) is 15.5. The lowest BCUT2D eigenvalue weighted by Gasteiger charge is -2.15. The van der Waals surface area contributed by atoms with Gasteiger partial charge in [-0.1, -0.05) is 19.9 Å². The van der Waals surface area contributed by atoms with Gasteiger partial charge >= 0.3 is 0 Å². The van der Waals surface area contributed by atoms with Gasteiger partial charge in [-0.05, 0) is 31.2 Å². The molecule has 0 atom stereocenters. The van der Waals surface area contributed by atoms with Crippen LogP contribution in [0.3, 0.4) is 0 Å². The number of carbonyl (C=O) groups excluding carboxylic acids is 2. The van der Waals surface area contributed by atoms with Gasteiger partial charge in [0, 0.05) is 29.9 Å². The van der Waals surface area contributed by atoms with E-state index in [0.29, 0.717) is 19.0 Å². The Morgan fingerprint density at radius 1 is 1.12 bits per heavy atom. The third kappa shape index (κ3) is 5.29. The normalized spacial score (nSPS) is 11.0. The molecule has 6 nitrogen and oxygen atoms in total. The van der Waals surface area contributed by atoms with Gasteiger partial charge < -0.3 is 15.2 Å². The van der Waals surface area contributed by atoms with E-state index in [1.165, 1.54) is 23.7 Å². The third-order valence-corrected chi connectivity index (χ3v) is 4.44. The number of hydrogen-bond donors (Lipinski definition) is 2. The third-order valence-electron chi connectivity index (χ3n) is 3.57. The summed E-state index contributed by atoms with van der Waals surface area (Å²) in [6, 6.07) is 3.71. The van der Waals surface area contributed by atoms with Crippen LogP contribution in [0.4, 0.5) is 0 Å². The van der Waals surface area contributed by atoms with Crippen molar-refractivity contribution in [1.82, 2.24) is 15.2 Å². The average Bonchev–Trinajstić information content (AvgIpc) is 3.06. The number of aromatic nitrogens is 1. The molecular formula is C19H25N3O3S. The largest absolute Gasteiger partial charge is 0.352 e. The molecule has 0 spiro atoms. The molecule has 0 aliphatic rings. The standard InChI is InChI=1S/C19H25N3O3S/c1-12(2)9-22-10-15(18(24)20-8-14-6-5-7-26-14)17(23)16(11-22)19(25)21-13(3)4/h5-7,10-13H,8-9H2,1-4H3,(H,20,24)(H,21,25). The summed E-state index contributed by atoms with van der Waals surface area (Å²) in [5.74, 6) is -0.629. The number of nitrogens with one attached hydrogen (secondary N) is 2. The smallest absolute Gasteiger partial charge is 0.257 e. The number of pyridine rings is 1. The quantitative estimate of drug-likeness (QED) is 0.781. The second-order valence-electron chi connectivity index (χ2n) is 6.90. The number of carbonyl (C=O) groups is 2. The lowest BCUT2D eigenvalue weighted by Crippen LogP contribution is -2.37. The molecule has 0 unspecified atom stereocenters. The molecule has 2 amide bonds. The van der Waals surface area contributed by atoms with Crippen LogP contribution in [0.25, 0.3) is 0 Å². The molecule has 2 heterocycles. The van der Waals surface area contributed by atoms with E-state index in [1.54, 1.807) is 4.57 Å². The maximum atomic E-state index is 12.7. The maximum Gasteiger partial charge on any atom is 0.257 e. The summed E-state index contributed by atoms with van der Waals surface area (Å²) in [4.78, 5) is 38.6. The van der Waals surface area contributed by atoms with Crippen molar-refractivity contribution in [2.75, 3.05) is 0 Å². The lowest BCUT2D eigenvalue weighted by molar-refractivity contribution is 0.0941. The fourth-order valence-corrected chi connectivity index (χ4v) is 3.14. The topological polar surface area (TPSA) is 80.2 Å². The van der Waals surface area contributed by atoms with Crippen LogP contribution in [0.1, 0.15) is 53.3 Å². The molecule has 0 bridgehead atoms. The summed E-state index contributed by atoms with van der Waals surface area (Å²) in [5.41, 5.74) is -0.575. The number of hydrogen-bond acceptors (Lipinski definition) is 4. The Bertz CT molecular complexity index is 823. The number of nitrogens with zero attached hydrogens (tertiary/aromatic N) is 1. The van der Waals surface area contributed by atoms with Crippen molar-refractivity contribution in [1.29, 1.82) is 0 Å². The van der Waals surface area contributed by atoms with Crippen LogP contribution >= 0.6 is 11.3 Å². The summed E-state index contributed by atoms with van der Waals surface area (Å²) >= 11 is 1.53. The molecule has 2 N–H and O–H groups in total. The molecule has 7 heteroatoms. The van der Waals surface area contributed by atoms with Crippen LogP contribution in [-0.4, -0.2) is 22.4 Å². The second-order valence-corrected chi connectivity index (χ2v) is 7.93. The highest BCUT2D eigenvalue weighted by Crippen LogP contribution is 2.08. The minimum Gasteiger partial charge on any atom is -0.352 e. The molecule has 0 saturated heterocycles. The van der Waals surface area contributed by atoms with Crippen LogP contribution in [-0.2, 0) is 13.1 Å². The van der Waals surface area contributed by atoms with Crippen molar-refractivity contribution in [3.05, 3.63) is 56.1 Å². The molecule has 0 radical (unpaired) electrons. The Kier molecular flexibility index (Phi) is 6.74. The van der Waals surface area contributed by atoms with Crippen LogP contribution in [0.2, 0.25) is 0 Å². The maximum absolute atomic E-state index is 12.7. The SMILES string of the molecule is CC(C)Cn1cc(C(=O)NCc2cccs2)c(=O)c(C(=O)NC(C)C)c1. The van der Waals surface area contributed by atoms with E-state index >= 15 is 0 Å². The van der Waals surface area contributed by atoms with Gasteiger partial charge in [0.2, 0.25) is 5.43 Å². The molecule has 2 aromatic heterocycles. The van der Waals surface area contributed by atoms with Crippen molar-refractivity contribution < 1.29 is 9.59 Å². The summed E-state index contributed by atoms with van der Waals surface area (Å²) < 4.78 is 1.74. The zero-order valence-corrected chi connectivity index (χ0v) is 16.4. The molecule has 2 aromatic rings. The fraction of sp³-hybridized carbons (Fsp3) is 0.421. The van der Waals surface area contributed by atoms with E-state index in [0.717, 1.165) is 4.88 Å². The van der Waals surface area contributed by atoms with Crippen LogP contribution in [0.5, 0.6) is 0 Å². The van der Waals surface area contributed by atoms with Crippen molar-refractivity contribution in [2.45, 2.75) is 46.8 Å². The first-order valence-corrected chi connectivity index (χ1v) is 9.51. The Morgan fingerprint density at radius 3 is 2.31 bits per heavy atom. The molecule has 26 heavy (non-hydrogen) atoms. The van der Waals surface area contributed by atoms with Crippen molar-refractivity contribution >= 4 is 23.2 Å². The van der Waals surface area contributed by atoms with Gasteiger partial charge in [0.1, 0.15) is 11.1 Å². The molecule has 140 valence electrons. The first-order valence-electron chi connectivity index (χ1n) is 8.63. The number of amides is 2. The Balaban J connectivity index is 2.34. The van der Waals surface area contributed by atoms with Gasteiger partial charge in [-0.15, -0.1) is 11.3 Å². The highest BCUT2D eigenvalue weighted by molar-refractivity contribution is 7.09. The second kappa shape index (κ2) is 8.80. The highest BCUT2D eigenvalue weighted by Gasteiger charge is 2.20. The summed E-state index contributed by atoms with van der Waals surface area (Å²) in [6.07, 6.45) is 3.05. The van der Waals surface area contributed by atoms with Gasteiger partial charge in [-0.25, -0.2) is 0 Å². The Labute approximate surface area is 157 Å². The van der Waals surface area contributed by atoms with E-state index in [1.807, 2.05) is 45.2 Å². The average molecular weight is 375 g/mol. The van der Waals surface area contributed by atoms with E-state index < -0.39 is 17.2 Å². The zero-order chi connectivity index (χ0) is 19.3. The van der Waals surface area contributed by atoms with Crippen LogP contribution < -0.4 is 16.1 Å². The van der Waals surface area contributed by atoms with Gasteiger partial charge in [0.15, 0.2) is 0 Å². The monoisotopic (exact) mass is 375 g/mol. The van der Waals surface area contributed by atoms with Gasteiger partial charge in [0.25, 0.3) is 11.8 Å². The first kappa shape index (κ1) is 19.9. The van der Waals surface area contributed by atoms with Crippen molar-refractivity contribution in [3.63, 3.8) is 0 Å². The molecule has 0 aliphatic heterocycles. The summed E-state index contributed by atoms with van der Waals surface area (Å²) in [7, 11) is 0. The highest BCUT2D eigenvalue weighted by atomic mass is 32.1. The molecular weight excluding hydrogens is 350 g/mol. The number of rotatable bonds is 7. The van der Waals surface area contributed by atoms with Gasteiger partial charge in [-0.3, -0.25) is 14.4 Å². The van der Waals surface area contributed by atoms with Crippen molar-refractivity contribution in [2.24, 2.45) is 5.92 Å². The predicted molar refractivity (Wildman–Crippen MR) is 104 cm³/mol. The Hall–Kier alpha value is -2.41. The minimum atomic E-state index is -0.549. The van der Waals surface area contributed by atoms with Crippen LogP contribution in [0, 0.1) is 5.92 Å². The van der Waals surface area contributed by atoms with Crippen molar-refractivity contribution in [3.8, 4) is 0 Å². The molecule has 0 aromatic carbocycles. The van der Waals surface area contributed by atoms with E-state index in [9.17, 15) is 14.4 Å². The summed E-state index contributed by atoms with van der Waals surface area (Å²) in [6.45, 7) is 8.66. The molecule has 0 saturated carbocycles. The Morgan fingerprint density at radius 2 is 1.77 bits per heavy atom. The molecule has 0 fully saturated rings. The fourth-order valence-electron chi connectivity index (χ4n) is 2.50. The van der Waals surface area contributed by atoms with Gasteiger partial charge in [0.05, 0.1) is 6.54 Å². The molecule has 2 rings (SSSR count). The number of thiophene rings is 1. The van der Waals surface area contributed by atoms with Gasteiger partial charge in [-0.2, -0.15) is 0 Å². The van der Waals surface area contributed by atoms with E-state index in [4.69, 9.17) is 0 Å². The predicted octanol–water partition coefficient (Wildman–Crippen LogP) is 2.63. The van der Waals surface area contributed by atoms with E-state index in [2.05, 4.69) is 10.6 Å². The minimum absolute atomic E-state index is 0.0110. The summed E-state index contributed by atoms with van der Waals surface area (Å²) in [5, 5.41) is 7.40. The van der Waals surface area contributed by atoms with Crippen LogP contribution in [0.15, 0.2) is 34.7 Å². The van der Waals surface area contributed by atoms with E-state index in [-0.39, 0.29) is 17.2 Å². The molecule has 0 aliphatic carbocycles.